The Morgan fingerprint density at radius 3 is 2.85 bits per heavy atom. The highest BCUT2D eigenvalue weighted by atomic mass is 16.5. The molecule has 0 N–H and O–H groups in total. The summed E-state index contributed by atoms with van der Waals surface area (Å²) in [7, 11) is 1.96. The summed E-state index contributed by atoms with van der Waals surface area (Å²) in [4.78, 5) is 19.0. The second kappa shape index (κ2) is 7.58. The van der Waals surface area contributed by atoms with Crippen molar-refractivity contribution in [3.8, 4) is 0 Å². The maximum atomic E-state index is 13.0. The summed E-state index contributed by atoms with van der Waals surface area (Å²) in [5.41, 5.74) is 4.19. The topological polar surface area (TPSA) is 60.2 Å². The average Bonchev–Trinajstić information content (AvgIpc) is 3.04. The molecule has 2 aromatic heterocycles. The summed E-state index contributed by atoms with van der Waals surface area (Å²) in [6.45, 7) is 2.06. The molecule has 0 unspecified atom stereocenters. The van der Waals surface area contributed by atoms with Crippen LogP contribution in [0.1, 0.15) is 53.0 Å². The van der Waals surface area contributed by atoms with Crippen LogP contribution >= 0.6 is 0 Å². The number of carbonyl (C=O) groups is 1. The van der Waals surface area contributed by atoms with Crippen LogP contribution in [-0.2, 0) is 31.2 Å². The summed E-state index contributed by atoms with van der Waals surface area (Å²) in [5.74, 6) is 0.0921. The van der Waals surface area contributed by atoms with Crippen LogP contribution < -0.4 is 0 Å². The minimum atomic E-state index is 0.0921. The van der Waals surface area contributed by atoms with Crippen LogP contribution in [0.4, 0.5) is 0 Å². The summed E-state index contributed by atoms with van der Waals surface area (Å²) in [6.07, 6.45) is 9.93. The first kappa shape index (κ1) is 17.2. The first-order chi connectivity index (χ1) is 12.7. The number of piperidine rings is 1. The Kier molecular flexibility index (Phi) is 5.02. The molecule has 0 spiro atoms. The van der Waals surface area contributed by atoms with E-state index < -0.39 is 0 Å². The SMILES string of the molecule is Cn1nc(C(=O)N2CCC(OCc3cccnc3)CC2)c2c1CCCC2. The highest BCUT2D eigenvalue weighted by Gasteiger charge is 2.29. The van der Waals surface area contributed by atoms with Gasteiger partial charge in [0.15, 0.2) is 5.69 Å². The summed E-state index contributed by atoms with van der Waals surface area (Å²) >= 11 is 0. The van der Waals surface area contributed by atoms with Gasteiger partial charge in [0.25, 0.3) is 5.91 Å². The fraction of sp³-hybridized carbons (Fsp3) is 0.550. The molecule has 0 radical (unpaired) electrons. The van der Waals surface area contributed by atoms with E-state index in [2.05, 4.69) is 10.1 Å². The van der Waals surface area contributed by atoms with Crippen LogP contribution in [-0.4, -0.2) is 44.8 Å². The van der Waals surface area contributed by atoms with E-state index >= 15 is 0 Å². The molecule has 4 rings (SSSR count). The van der Waals surface area contributed by atoms with Crippen molar-refractivity contribution in [1.29, 1.82) is 0 Å². The molecule has 6 heteroatoms. The molecule has 138 valence electrons. The van der Waals surface area contributed by atoms with Gasteiger partial charge in [-0.05, 0) is 50.2 Å². The molecule has 0 bridgehead atoms. The normalized spacial score (nSPS) is 18.0. The molecule has 3 heterocycles. The van der Waals surface area contributed by atoms with Gasteiger partial charge in [-0.1, -0.05) is 6.07 Å². The maximum absolute atomic E-state index is 13.0. The number of pyridine rings is 1. The molecule has 26 heavy (non-hydrogen) atoms. The molecule has 1 amide bonds. The van der Waals surface area contributed by atoms with Crippen molar-refractivity contribution in [2.75, 3.05) is 13.1 Å². The molecule has 1 aliphatic heterocycles. The lowest BCUT2D eigenvalue weighted by molar-refractivity contribution is -0.000636. The van der Waals surface area contributed by atoms with Gasteiger partial charge >= 0.3 is 0 Å². The number of nitrogens with zero attached hydrogens (tertiary/aromatic N) is 4. The minimum Gasteiger partial charge on any atom is -0.373 e. The second-order valence-corrected chi connectivity index (χ2v) is 7.27. The number of likely N-dealkylation sites (tertiary alicyclic amines) is 1. The van der Waals surface area contributed by atoms with Gasteiger partial charge < -0.3 is 9.64 Å². The van der Waals surface area contributed by atoms with E-state index in [0.717, 1.165) is 50.8 Å². The number of hydrogen-bond donors (Lipinski definition) is 0. The van der Waals surface area contributed by atoms with Gasteiger partial charge in [-0.25, -0.2) is 0 Å². The third-order valence-electron chi connectivity index (χ3n) is 5.51. The zero-order valence-electron chi connectivity index (χ0n) is 15.4. The Morgan fingerprint density at radius 2 is 2.08 bits per heavy atom. The highest BCUT2D eigenvalue weighted by Crippen LogP contribution is 2.26. The zero-order valence-corrected chi connectivity index (χ0v) is 15.4. The van der Waals surface area contributed by atoms with Gasteiger partial charge in [0.1, 0.15) is 0 Å². The molecule has 0 aromatic carbocycles. The molecule has 0 atom stereocenters. The van der Waals surface area contributed by atoms with Crippen LogP contribution in [0.3, 0.4) is 0 Å². The molecule has 1 saturated heterocycles. The largest absolute Gasteiger partial charge is 0.373 e. The predicted octanol–water partition coefficient (Wildman–Crippen LogP) is 2.52. The van der Waals surface area contributed by atoms with Crippen molar-refractivity contribution in [2.45, 2.75) is 51.2 Å². The molecule has 2 aromatic rings. The zero-order chi connectivity index (χ0) is 17.9. The molecule has 2 aliphatic rings. The van der Waals surface area contributed by atoms with Crippen molar-refractivity contribution in [1.82, 2.24) is 19.7 Å². The number of amides is 1. The van der Waals surface area contributed by atoms with Crippen LogP contribution in [0.15, 0.2) is 24.5 Å². The Labute approximate surface area is 154 Å². The summed E-state index contributed by atoms with van der Waals surface area (Å²) in [5, 5.41) is 4.55. The first-order valence-corrected chi connectivity index (χ1v) is 9.57. The Hall–Kier alpha value is -2.21. The Morgan fingerprint density at radius 1 is 1.27 bits per heavy atom. The number of ether oxygens (including phenoxy) is 1. The first-order valence-electron chi connectivity index (χ1n) is 9.57. The van der Waals surface area contributed by atoms with Crippen LogP contribution in [0.2, 0.25) is 0 Å². The lowest BCUT2D eigenvalue weighted by atomic mass is 9.95. The number of fused-ring (bicyclic) bond motifs is 1. The van der Waals surface area contributed by atoms with Gasteiger partial charge in [-0.3, -0.25) is 14.5 Å². The van der Waals surface area contributed by atoms with Gasteiger partial charge in [0.05, 0.1) is 12.7 Å². The van der Waals surface area contributed by atoms with E-state index in [9.17, 15) is 4.79 Å². The molecular formula is C20H26N4O2. The van der Waals surface area contributed by atoms with E-state index in [1.54, 1.807) is 6.20 Å². The minimum absolute atomic E-state index is 0.0921. The number of aryl methyl sites for hydroxylation is 1. The van der Waals surface area contributed by atoms with E-state index in [0.29, 0.717) is 12.3 Å². The van der Waals surface area contributed by atoms with Crippen LogP contribution in [0.5, 0.6) is 0 Å². The van der Waals surface area contributed by atoms with E-state index in [1.807, 2.05) is 35.0 Å². The fourth-order valence-corrected chi connectivity index (χ4v) is 4.02. The van der Waals surface area contributed by atoms with Crippen molar-refractivity contribution in [3.05, 3.63) is 47.0 Å². The Balaban J connectivity index is 1.34. The molecule has 0 saturated carbocycles. The van der Waals surface area contributed by atoms with Gasteiger partial charge in [0, 0.05) is 43.8 Å². The van der Waals surface area contributed by atoms with Gasteiger partial charge in [0.2, 0.25) is 0 Å². The van der Waals surface area contributed by atoms with E-state index in [-0.39, 0.29) is 12.0 Å². The van der Waals surface area contributed by atoms with Crippen molar-refractivity contribution < 1.29 is 9.53 Å². The molecule has 1 aliphatic carbocycles. The molecular weight excluding hydrogens is 328 g/mol. The van der Waals surface area contributed by atoms with Crippen molar-refractivity contribution in [2.24, 2.45) is 7.05 Å². The number of hydrogen-bond acceptors (Lipinski definition) is 4. The number of aromatic nitrogens is 3. The van der Waals surface area contributed by atoms with E-state index in [1.165, 1.54) is 17.7 Å². The average molecular weight is 354 g/mol. The summed E-state index contributed by atoms with van der Waals surface area (Å²) in [6, 6.07) is 3.95. The van der Waals surface area contributed by atoms with Crippen LogP contribution in [0, 0.1) is 0 Å². The fourth-order valence-electron chi connectivity index (χ4n) is 4.02. The highest BCUT2D eigenvalue weighted by molar-refractivity contribution is 5.94. The molecule has 1 fully saturated rings. The lowest BCUT2D eigenvalue weighted by Gasteiger charge is -2.31. The smallest absolute Gasteiger partial charge is 0.274 e. The van der Waals surface area contributed by atoms with Crippen molar-refractivity contribution in [3.63, 3.8) is 0 Å². The third-order valence-corrected chi connectivity index (χ3v) is 5.51. The van der Waals surface area contributed by atoms with Gasteiger partial charge in [-0.15, -0.1) is 0 Å². The second-order valence-electron chi connectivity index (χ2n) is 7.27. The number of carbonyl (C=O) groups excluding carboxylic acids is 1. The summed E-state index contributed by atoms with van der Waals surface area (Å²) < 4.78 is 7.91. The molecule has 6 nitrogen and oxygen atoms in total. The Bertz CT molecular complexity index is 764. The lowest BCUT2D eigenvalue weighted by Crippen LogP contribution is -2.41. The third kappa shape index (κ3) is 3.51. The van der Waals surface area contributed by atoms with E-state index in [4.69, 9.17) is 4.74 Å². The standard InChI is InChI=1S/C20H26N4O2/c1-23-18-7-3-2-6-17(18)19(22-23)20(25)24-11-8-16(9-12-24)26-14-15-5-4-10-21-13-15/h4-5,10,13,16H,2-3,6-9,11-12,14H2,1H3. The monoisotopic (exact) mass is 354 g/mol. The van der Waals surface area contributed by atoms with Crippen molar-refractivity contribution >= 4 is 5.91 Å². The quantitative estimate of drug-likeness (QED) is 0.846. The predicted molar refractivity (Wildman–Crippen MR) is 97.8 cm³/mol. The van der Waals surface area contributed by atoms with Crippen LogP contribution in [0.25, 0.3) is 0 Å². The number of rotatable bonds is 4. The van der Waals surface area contributed by atoms with Gasteiger partial charge in [-0.2, -0.15) is 5.10 Å². The maximum Gasteiger partial charge on any atom is 0.274 e.